The van der Waals surface area contributed by atoms with E-state index in [2.05, 4.69) is 19.6 Å². The Bertz CT molecular complexity index is 564. The molecule has 0 aromatic heterocycles. The molecule has 0 aliphatic rings. The fraction of sp³-hybridized carbons (Fsp3) is 0.444. The van der Waals surface area contributed by atoms with Crippen molar-refractivity contribution in [3.63, 3.8) is 0 Å². The third-order valence-corrected chi connectivity index (χ3v) is 3.86. The zero-order valence-electron chi connectivity index (χ0n) is 15.0. The van der Waals surface area contributed by atoms with Crippen LogP contribution in [0.3, 0.4) is 0 Å². The lowest BCUT2D eigenvalue weighted by Crippen LogP contribution is -2.29. The lowest BCUT2D eigenvalue weighted by molar-refractivity contribution is -0.146. The van der Waals surface area contributed by atoms with Crippen molar-refractivity contribution in [1.29, 1.82) is 0 Å². The SMILES string of the molecule is CCOC(=O)C(=Cc1ccc(OC[Si](C)(C)C)cc1)C(=O)OCC. The van der Waals surface area contributed by atoms with Gasteiger partial charge in [-0.15, -0.1) is 0 Å². The molecule has 0 aliphatic heterocycles. The van der Waals surface area contributed by atoms with E-state index in [4.69, 9.17) is 14.2 Å². The molecule has 1 aromatic carbocycles. The number of carbonyl (C=O) groups excluding carboxylic acids is 2. The second kappa shape index (κ2) is 9.27. The third-order valence-electron chi connectivity index (χ3n) is 2.85. The van der Waals surface area contributed by atoms with Crippen molar-refractivity contribution in [3.05, 3.63) is 35.4 Å². The zero-order valence-corrected chi connectivity index (χ0v) is 16.0. The van der Waals surface area contributed by atoms with Crippen molar-refractivity contribution in [1.82, 2.24) is 0 Å². The van der Waals surface area contributed by atoms with Crippen LogP contribution in [0.2, 0.25) is 19.6 Å². The van der Waals surface area contributed by atoms with Gasteiger partial charge in [-0.25, -0.2) is 9.59 Å². The van der Waals surface area contributed by atoms with E-state index in [0.29, 0.717) is 5.56 Å². The van der Waals surface area contributed by atoms with Gasteiger partial charge in [-0.05, 0) is 37.6 Å². The van der Waals surface area contributed by atoms with Gasteiger partial charge in [-0.2, -0.15) is 0 Å². The van der Waals surface area contributed by atoms with Crippen LogP contribution in [0.15, 0.2) is 29.8 Å². The van der Waals surface area contributed by atoms with Gasteiger partial charge in [0.05, 0.1) is 27.5 Å². The summed E-state index contributed by atoms with van der Waals surface area (Å²) in [7, 11) is -1.28. The maximum atomic E-state index is 11.9. The van der Waals surface area contributed by atoms with Crippen molar-refractivity contribution in [2.75, 3.05) is 19.4 Å². The Hall–Kier alpha value is -2.08. The molecule has 0 N–H and O–H groups in total. The predicted octanol–water partition coefficient (Wildman–Crippen LogP) is 3.45. The van der Waals surface area contributed by atoms with Crippen LogP contribution in [0.25, 0.3) is 6.08 Å². The average Bonchev–Trinajstić information content (AvgIpc) is 2.51. The number of ether oxygens (including phenoxy) is 3. The van der Waals surface area contributed by atoms with Crippen LogP contribution < -0.4 is 4.74 Å². The molecule has 0 saturated carbocycles. The van der Waals surface area contributed by atoms with Gasteiger partial charge in [0, 0.05) is 0 Å². The third kappa shape index (κ3) is 7.00. The molecule has 5 nitrogen and oxygen atoms in total. The van der Waals surface area contributed by atoms with Gasteiger partial charge in [0.2, 0.25) is 0 Å². The molecule has 0 fully saturated rings. The minimum atomic E-state index is -1.28. The first-order valence-electron chi connectivity index (χ1n) is 8.05. The molecular formula is C18H26O5Si. The van der Waals surface area contributed by atoms with Gasteiger partial charge < -0.3 is 14.2 Å². The van der Waals surface area contributed by atoms with Crippen molar-refractivity contribution in [2.45, 2.75) is 33.5 Å². The Kier molecular flexibility index (Phi) is 7.71. The van der Waals surface area contributed by atoms with Crippen LogP contribution in [-0.2, 0) is 19.1 Å². The lowest BCUT2D eigenvalue weighted by atomic mass is 10.1. The molecule has 24 heavy (non-hydrogen) atoms. The maximum Gasteiger partial charge on any atom is 0.345 e. The maximum absolute atomic E-state index is 11.9. The minimum absolute atomic E-state index is 0.116. The zero-order chi connectivity index (χ0) is 18.2. The molecule has 132 valence electrons. The van der Waals surface area contributed by atoms with Crippen LogP contribution >= 0.6 is 0 Å². The summed E-state index contributed by atoms with van der Waals surface area (Å²) in [5.41, 5.74) is 0.584. The van der Waals surface area contributed by atoms with Crippen LogP contribution in [-0.4, -0.2) is 39.5 Å². The van der Waals surface area contributed by atoms with Gasteiger partial charge in [0.15, 0.2) is 0 Å². The monoisotopic (exact) mass is 350 g/mol. The van der Waals surface area contributed by atoms with Crippen LogP contribution in [0, 0.1) is 0 Å². The number of hydrogen-bond acceptors (Lipinski definition) is 5. The Labute approximate surface area is 144 Å². The summed E-state index contributed by atoms with van der Waals surface area (Å²) in [6, 6.07) is 7.22. The van der Waals surface area contributed by atoms with Crippen LogP contribution in [0.5, 0.6) is 5.75 Å². The summed E-state index contributed by atoms with van der Waals surface area (Å²) in [6.45, 7) is 10.5. The molecular weight excluding hydrogens is 324 g/mol. The molecule has 0 heterocycles. The highest BCUT2D eigenvalue weighted by Crippen LogP contribution is 2.17. The topological polar surface area (TPSA) is 61.8 Å². The lowest BCUT2D eigenvalue weighted by Gasteiger charge is -2.16. The van der Waals surface area contributed by atoms with Crippen molar-refractivity contribution in [3.8, 4) is 5.75 Å². The Morgan fingerprint density at radius 2 is 1.46 bits per heavy atom. The summed E-state index contributed by atoms with van der Waals surface area (Å²) in [5, 5.41) is 0. The minimum Gasteiger partial charge on any atom is -0.497 e. The number of hydrogen-bond donors (Lipinski definition) is 0. The summed E-state index contributed by atoms with van der Waals surface area (Å²) in [5.74, 6) is -0.603. The highest BCUT2D eigenvalue weighted by molar-refractivity contribution is 6.76. The van der Waals surface area contributed by atoms with E-state index in [0.717, 1.165) is 12.0 Å². The van der Waals surface area contributed by atoms with Gasteiger partial charge in [-0.3, -0.25) is 0 Å². The summed E-state index contributed by atoms with van der Waals surface area (Å²) in [6.07, 6.45) is 2.21. The fourth-order valence-corrected chi connectivity index (χ4v) is 2.35. The van der Waals surface area contributed by atoms with E-state index in [1.54, 1.807) is 26.0 Å². The standard InChI is InChI=1S/C18H26O5Si/c1-6-21-17(19)16(18(20)22-7-2)12-14-8-10-15(11-9-14)23-13-24(3,4)5/h8-12H,6-7,13H2,1-5H3. The first-order chi connectivity index (χ1) is 11.3. The Morgan fingerprint density at radius 3 is 1.88 bits per heavy atom. The highest BCUT2D eigenvalue weighted by atomic mass is 28.3. The van der Waals surface area contributed by atoms with Crippen LogP contribution in [0.1, 0.15) is 19.4 Å². The second-order valence-electron chi connectivity index (χ2n) is 6.42. The smallest absolute Gasteiger partial charge is 0.345 e. The molecule has 0 saturated heterocycles. The van der Waals surface area contributed by atoms with E-state index in [-0.39, 0.29) is 18.8 Å². The summed E-state index contributed by atoms with van der Waals surface area (Å²) < 4.78 is 15.6. The van der Waals surface area contributed by atoms with Crippen molar-refractivity contribution < 1.29 is 23.8 Å². The van der Waals surface area contributed by atoms with Gasteiger partial charge in [0.1, 0.15) is 11.3 Å². The Morgan fingerprint density at radius 1 is 0.958 bits per heavy atom. The number of esters is 2. The number of carbonyl (C=O) groups is 2. The molecule has 0 bridgehead atoms. The first kappa shape index (κ1) is 20.0. The number of rotatable bonds is 8. The van der Waals surface area contributed by atoms with Crippen LogP contribution in [0.4, 0.5) is 0 Å². The van der Waals surface area contributed by atoms with E-state index >= 15 is 0 Å². The van der Waals surface area contributed by atoms with Crippen molar-refractivity contribution in [2.24, 2.45) is 0 Å². The largest absolute Gasteiger partial charge is 0.497 e. The molecule has 0 spiro atoms. The number of benzene rings is 1. The summed E-state index contributed by atoms with van der Waals surface area (Å²) in [4.78, 5) is 23.9. The van der Waals surface area contributed by atoms with E-state index in [1.165, 1.54) is 6.08 Å². The average molecular weight is 350 g/mol. The molecule has 0 amide bonds. The van der Waals surface area contributed by atoms with Crippen molar-refractivity contribution >= 4 is 26.1 Å². The predicted molar refractivity (Wildman–Crippen MR) is 96.5 cm³/mol. The second-order valence-corrected chi connectivity index (χ2v) is 11.8. The molecule has 0 radical (unpaired) electrons. The Balaban J connectivity index is 2.93. The van der Waals surface area contributed by atoms with Gasteiger partial charge in [-0.1, -0.05) is 31.8 Å². The molecule has 0 unspecified atom stereocenters. The molecule has 1 aromatic rings. The quantitative estimate of drug-likeness (QED) is 0.236. The van der Waals surface area contributed by atoms with E-state index in [9.17, 15) is 9.59 Å². The normalized spacial score (nSPS) is 10.7. The summed E-state index contributed by atoms with van der Waals surface area (Å²) >= 11 is 0. The first-order valence-corrected chi connectivity index (χ1v) is 11.8. The molecule has 1 rings (SSSR count). The highest BCUT2D eigenvalue weighted by Gasteiger charge is 2.21. The van der Waals surface area contributed by atoms with E-state index < -0.39 is 20.0 Å². The molecule has 6 heteroatoms. The van der Waals surface area contributed by atoms with Gasteiger partial charge >= 0.3 is 11.9 Å². The fourth-order valence-electron chi connectivity index (χ4n) is 1.75. The molecule has 0 aliphatic carbocycles. The van der Waals surface area contributed by atoms with E-state index in [1.807, 2.05) is 12.1 Å². The molecule has 0 atom stereocenters. The van der Waals surface area contributed by atoms with Gasteiger partial charge in [0.25, 0.3) is 0 Å².